The summed E-state index contributed by atoms with van der Waals surface area (Å²) in [6.07, 6.45) is 3.20. The summed E-state index contributed by atoms with van der Waals surface area (Å²) >= 11 is 0. The molecule has 0 spiro atoms. The number of fused-ring (bicyclic) bond motifs is 1. The number of halogens is 1. The summed E-state index contributed by atoms with van der Waals surface area (Å²) in [5, 5.41) is 11.6. The number of hydrazine groups is 1. The van der Waals surface area contributed by atoms with Crippen LogP contribution in [0.4, 0.5) is 11.4 Å². The Morgan fingerprint density at radius 2 is 1.81 bits per heavy atom. The summed E-state index contributed by atoms with van der Waals surface area (Å²) in [6.45, 7) is 1.97. The van der Waals surface area contributed by atoms with Gasteiger partial charge < -0.3 is 5.11 Å². The van der Waals surface area contributed by atoms with Crippen molar-refractivity contribution in [2.75, 3.05) is 5.01 Å². The monoisotopic (exact) mass is 380 g/mol. The lowest BCUT2D eigenvalue weighted by Crippen LogP contribution is -2.48. The predicted molar refractivity (Wildman–Crippen MR) is 107 cm³/mol. The van der Waals surface area contributed by atoms with E-state index in [0.29, 0.717) is 28.3 Å². The zero-order valence-electron chi connectivity index (χ0n) is 14.5. The summed E-state index contributed by atoms with van der Waals surface area (Å²) in [4.78, 5) is 21.7. The van der Waals surface area contributed by atoms with E-state index in [1.807, 2.05) is 19.1 Å². The number of aromatic hydroxyl groups is 1. The van der Waals surface area contributed by atoms with Gasteiger partial charge in [-0.25, -0.2) is 10.0 Å². The van der Waals surface area contributed by atoms with E-state index in [0.717, 1.165) is 5.56 Å². The quantitative estimate of drug-likeness (QED) is 0.709. The first-order chi connectivity index (χ1) is 12.6. The van der Waals surface area contributed by atoms with Crippen molar-refractivity contribution in [1.29, 1.82) is 0 Å². The van der Waals surface area contributed by atoms with Crippen molar-refractivity contribution in [3.63, 3.8) is 0 Å². The second-order valence-corrected chi connectivity index (χ2v) is 5.96. The number of aliphatic imine (C=N–C) groups is 1. The molecule has 0 unspecified atom stereocenters. The fourth-order valence-electron chi connectivity index (χ4n) is 2.75. The lowest BCUT2D eigenvalue weighted by Gasteiger charge is -2.30. The van der Waals surface area contributed by atoms with Crippen LogP contribution >= 0.6 is 12.4 Å². The molecule has 2 N–H and O–H groups in total. The number of pyridine rings is 1. The number of hydrogen-bond acceptors (Lipinski definition) is 5. The first-order valence-electron chi connectivity index (χ1n) is 8.12. The van der Waals surface area contributed by atoms with E-state index in [1.54, 1.807) is 54.9 Å². The highest BCUT2D eigenvalue weighted by molar-refractivity contribution is 6.14. The molecule has 0 saturated heterocycles. The maximum Gasteiger partial charge on any atom is 0.277 e. The van der Waals surface area contributed by atoms with Crippen molar-refractivity contribution in [3.8, 4) is 5.75 Å². The molecule has 0 bridgehead atoms. The van der Waals surface area contributed by atoms with Gasteiger partial charge in [0.25, 0.3) is 5.91 Å². The second-order valence-electron chi connectivity index (χ2n) is 5.96. The van der Waals surface area contributed by atoms with Crippen LogP contribution in [0.15, 0.2) is 72.0 Å². The van der Waals surface area contributed by atoms with Crippen LogP contribution in [-0.2, 0) is 0 Å². The van der Waals surface area contributed by atoms with E-state index < -0.39 is 0 Å². The minimum atomic E-state index is -0.222. The first-order valence-corrected chi connectivity index (χ1v) is 8.12. The van der Waals surface area contributed by atoms with Crippen LogP contribution in [0.3, 0.4) is 0 Å². The largest absolute Gasteiger partial charge is 0.507 e. The number of nitrogens with zero attached hydrogens (tertiary/aromatic N) is 3. The second kappa shape index (κ2) is 7.47. The summed E-state index contributed by atoms with van der Waals surface area (Å²) < 4.78 is 0. The smallest absolute Gasteiger partial charge is 0.277 e. The number of amides is 1. The van der Waals surface area contributed by atoms with Gasteiger partial charge in [0.2, 0.25) is 0 Å². The normalized spacial score (nSPS) is 12.3. The van der Waals surface area contributed by atoms with Crippen LogP contribution in [0.5, 0.6) is 5.75 Å². The number of carbonyl (C=O) groups excluding carboxylic acids is 1. The number of amidine groups is 1. The molecular formula is C20H17ClN4O2. The molecule has 0 saturated carbocycles. The van der Waals surface area contributed by atoms with Gasteiger partial charge in [-0.1, -0.05) is 29.8 Å². The zero-order chi connectivity index (χ0) is 18.1. The molecule has 6 nitrogen and oxygen atoms in total. The molecule has 0 radical (unpaired) electrons. The summed E-state index contributed by atoms with van der Waals surface area (Å²) in [5.74, 6) is 0.234. The Bertz CT molecular complexity index is 1020. The lowest BCUT2D eigenvalue weighted by molar-refractivity contribution is 0.0980. The van der Waals surface area contributed by atoms with Crippen LogP contribution < -0.4 is 10.4 Å². The number of benzene rings is 2. The van der Waals surface area contributed by atoms with Crippen LogP contribution in [0.1, 0.15) is 21.5 Å². The molecule has 0 atom stereocenters. The fourth-order valence-corrected chi connectivity index (χ4v) is 2.75. The summed E-state index contributed by atoms with van der Waals surface area (Å²) in [7, 11) is 0. The fraction of sp³-hybridized carbons (Fsp3) is 0.0500. The average molecular weight is 381 g/mol. The maximum atomic E-state index is 13.1. The van der Waals surface area contributed by atoms with Crippen molar-refractivity contribution in [3.05, 3.63) is 83.7 Å². The van der Waals surface area contributed by atoms with Gasteiger partial charge in [0.05, 0.1) is 17.4 Å². The standard InChI is InChI=1S/C20H16N4O2.ClH/c1-13-6-8-14(9-7-13)20(26)24-17-10-11-21-12-16(17)22-19(23-24)15-4-2-3-5-18(15)25;/h2-12,25H,1H3,(H,22,23);1H. The number of hydrogen-bond donors (Lipinski definition) is 2. The zero-order valence-corrected chi connectivity index (χ0v) is 15.3. The molecule has 2 heterocycles. The number of anilines is 1. The van der Waals surface area contributed by atoms with Gasteiger partial charge in [0.1, 0.15) is 11.4 Å². The molecule has 136 valence electrons. The number of para-hydroxylation sites is 1. The number of aryl methyl sites for hydroxylation is 1. The third-order valence-corrected chi connectivity index (χ3v) is 4.13. The Kier molecular flexibility index (Phi) is 5.09. The van der Waals surface area contributed by atoms with Gasteiger partial charge in [0.15, 0.2) is 5.84 Å². The summed E-state index contributed by atoms with van der Waals surface area (Å²) in [6, 6.07) is 15.9. The van der Waals surface area contributed by atoms with E-state index >= 15 is 0 Å². The van der Waals surface area contributed by atoms with Crippen molar-refractivity contribution < 1.29 is 9.90 Å². The van der Waals surface area contributed by atoms with Crippen LogP contribution in [0.2, 0.25) is 0 Å². The maximum absolute atomic E-state index is 13.1. The van der Waals surface area contributed by atoms with Crippen molar-refractivity contribution in [2.45, 2.75) is 6.92 Å². The van der Waals surface area contributed by atoms with E-state index in [-0.39, 0.29) is 24.1 Å². The Labute approximate surface area is 162 Å². The highest BCUT2D eigenvalue weighted by atomic mass is 35.5. The molecule has 1 aliphatic heterocycles. The Balaban J connectivity index is 0.00000210. The molecule has 1 amide bonds. The predicted octanol–water partition coefficient (Wildman–Crippen LogP) is 3.76. The number of rotatable bonds is 2. The third kappa shape index (κ3) is 3.47. The highest BCUT2D eigenvalue weighted by Gasteiger charge is 2.27. The minimum absolute atomic E-state index is 0. The van der Waals surface area contributed by atoms with Gasteiger partial charge in [-0.15, -0.1) is 12.4 Å². The van der Waals surface area contributed by atoms with Gasteiger partial charge in [0, 0.05) is 11.8 Å². The van der Waals surface area contributed by atoms with Gasteiger partial charge in [-0.2, -0.15) is 0 Å². The molecule has 27 heavy (non-hydrogen) atoms. The number of phenolic OH excluding ortho intramolecular Hbond substituents is 1. The van der Waals surface area contributed by atoms with E-state index in [2.05, 4.69) is 15.4 Å². The molecule has 1 aliphatic rings. The SMILES string of the molecule is Cc1ccc(C(=O)N2NC(c3ccccc3O)=Nc3cnccc32)cc1.Cl. The van der Waals surface area contributed by atoms with E-state index in [4.69, 9.17) is 0 Å². The summed E-state index contributed by atoms with van der Waals surface area (Å²) in [5.41, 5.74) is 6.30. The van der Waals surface area contributed by atoms with Crippen LogP contribution in [0.25, 0.3) is 0 Å². The number of phenols is 1. The number of nitrogens with one attached hydrogen (secondary N) is 1. The third-order valence-electron chi connectivity index (χ3n) is 4.13. The van der Waals surface area contributed by atoms with Gasteiger partial charge in [-0.05, 0) is 37.3 Å². The Morgan fingerprint density at radius 3 is 2.56 bits per heavy atom. The highest BCUT2D eigenvalue weighted by Crippen LogP contribution is 2.32. The van der Waals surface area contributed by atoms with Crippen LogP contribution in [-0.4, -0.2) is 21.8 Å². The number of aromatic nitrogens is 1. The molecular weight excluding hydrogens is 364 g/mol. The first kappa shape index (κ1) is 18.4. The Hall–Kier alpha value is -3.38. The molecule has 2 aromatic carbocycles. The van der Waals surface area contributed by atoms with E-state index in [1.165, 1.54) is 5.01 Å². The molecule has 0 fully saturated rings. The van der Waals surface area contributed by atoms with Crippen molar-refractivity contribution >= 4 is 35.5 Å². The molecule has 1 aromatic heterocycles. The topological polar surface area (TPSA) is 77.8 Å². The minimum Gasteiger partial charge on any atom is -0.507 e. The van der Waals surface area contributed by atoms with Crippen LogP contribution in [0, 0.1) is 6.92 Å². The molecule has 0 aliphatic carbocycles. The van der Waals surface area contributed by atoms with E-state index in [9.17, 15) is 9.90 Å². The Morgan fingerprint density at radius 1 is 1.07 bits per heavy atom. The van der Waals surface area contributed by atoms with Crippen molar-refractivity contribution in [2.24, 2.45) is 4.99 Å². The van der Waals surface area contributed by atoms with Gasteiger partial charge >= 0.3 is 0 Å². The molecule has 7 heteroatoms. The lowest BCUT2D eigenvalue weighted by atomic mass is 10.1. The van der Waals surface area contributed by atoms with Gasteiger partial charge in [-0.3, -0.25) is 15.2 Å². The molecule has 3 aromatic rings. The van der Waals surface area contributed by atoms with Crippen molar-refractivity contribution in [1.82, 2.24) is 10.4 Å². The number of carbonyl (C=O) groups is 1. The molecule has 4 rings (SSSR count). The average Bonchev–Trinajstić information content (AvgIpc) is 2.67.